The molecule has 244 valence electrons. The monoisotopic (exact) mass is 640 g/mol. The number of benzene rings is 2. The Kier molecular flexibility index (Phi) is 10.1. The molecule has 3 fully saturated rings. The molecule has 0 N–H and O–H groups in total. The van der Waals surface area contributed by atoms with E-state index in [1.807, 2.05) is 52.0 Å². The molecule has 2 aromatic rings. The molecule has 4 atom stereocenters. The van der Waals surface area contributed by atoms with Crippen LogP contribution in [0.1, 0.15) is 31.9 Å². The molecule has 2 saturated heterocycles. The Bertz CT molecular complexity index is 1630. The lowest BCUT2D eigenvalue weighted by Gasteiger charge is -2.36. The number of amides is 8. The molecule has 12 heteroatoms. The van der Waals surface area contributed by atoms with E-state index in [9.17, 15) is 38.4 Å². The molecular weight excluding hydrogens is 604 g/mol. The third kappa shape index (κ3) is 6.18. The van der Waals surface area contributed by atoms with Gasteiger partial charge in [-0.15, -0.1) is 0 Å². The third-order valence-electron chi connectivity index (χ3n) is 8.52. The molecule has 7 rings (SSSR count). The summed E-state index contributed by atoms with van der Waals surface area (Å²) in [5.41, 5.74) is 3.34. The Balaban J connectivity index is 0.000000177. The van der Waals surface area contributed by atoms with Crippen LogP contribution in [0, 0.1) is 30.6 Å². The maximum Gasteiger partial charge on any atom is 0.258 e. The molecule has 8 amide bonds. The topological polar surface area (TPSA) is 150 Å². The summed E-state index contributed by atoms with van der Waals surface area (Å²) in [4.78, 5) is 97.3. The lowest BCUT2D eigenvalue weighted by molar-refractivity contribution is -0.146. The average molecular weight is 641 g/mol. The molecule has 12 nitrogen and oxygen atoms in total. The second-order valence-corrected chi connectivity index (χ2v) is 11.1. The summed E-state index contributed by atoms with van der Waals surface area (Å²) in [6.07, 6.45) is 5.93. The van der Waals surface area contributed by atoms with E-state index in [1.165, 1.54) is 38.4 Å². The molecule has 1 aliphatic carbocycles. The minimum absolute atomic E-state index is 0.241. The number of likely N-dealkylation sites (tertiary alicyclic amines) is 1. The van der Waals surface area contributed by atoms with Gasteiger partial charge in [-0.3, -0.25) is 53.1 Å². The van der Waals surface area contributed by atoms with E-state index in [4.69, 9.17) is 0 Å². The van der Waals surface area contributed by atoms with Crippen LogP contribution < -0.4 is 9.80 Å². The predicted octanol–water partition coefficient (Wildman–Crippen LogP) is 2.59. The molecule has 0 radical (unpaired) electrons. The summed E-state index contributed by atoms with van der Waals surface area (Å²) in [6.45, 7) is 7.98. The van der Waals surface area contributed by atoms with Gasteiger partial charge in [0, 0.05) is 38.4 Å². The van der Waals surface area contributed by atoms with Crippen LogP contribution >= 0.6 is 0 Å². The Morgan fingerprint density at radius 1 is 0.489 bits per heavy atom. The van der Waals surface area contributed by atoms with Gasteiger partial charge in [0.15, 0.2) is 0 Å². The Labute approximate surface area is 272 Å². The van der Waals surface area contributed by atoms with E-state index < -0.39 is 23.7 Å². The van der Waals surface area contributed by atoms with Gasteiger partial charge in [0.05, 0.1) is 35.0 Å². The number of carbonyl (C=O) groups excluding carboxylic acids is 8. The zero-order valence-electron chi connectivity index (χ0n) is 27.0. The first-order valence-corrected chi connectivity index (χ1v) is 15.3. The number of carbonyl (C=O) groups is 8. The summed E-state index contributed by atoms with van der Waals surface area (Å²) in [5, 5.41) is 0. The minimum Gasteiger partial charge on any atom is -0.285 e. The summed E-state index contributed by atoms with van der Waals surface area (Å²) in [5.74, 6) is -5.12. The fraction of sp³-hybridized carbons (Fsp3) is 0.314. The number of hydrogen-bond donors (Lipinski definition) is 0. The molecule has 0 aromatic heterocycles. The van der Waals surface area contributed by atoms with Crippen molar-refractivity contribution in [2.75, 3.05) is 23.9 Å². The highest BCUT2D eigenvalue weighted by Gasteiger charge is 2.73. The molecule has 47 heavy (non-hydrogen) atoms. The number of likely N-dealkylation sites (N-methyl/N-ethyl adjacent to an activating group) is 1. The van der Waals surface area contributed by atoms with E-state index in [2.05, 4.69) is 0 Å². The van der Waals surface area contributed by atoms with E-state index >= 15 is 0 Å². The molecule has 2 aromatic carbocycles. The molecule has 0 bridgehead atoms. The van der Waals surface area contributed by atoms with Crippen LogP contribution in [0.5, 0.6) is 0 Å². The van der Waals surface area contributed by atoms with Gasteiger partial charge in [-0.2, -0.15) is 0 Å². The Morgan fingerprint density at radius 2 is 0.851 bits per heavy atom. The van der Waals surface area contributed by atoms with Crippen LogP contribution in [0.25, 0.3) is 0 Å². The van der Waals surface area contributed by atoms with Gasteiger partial charge in [-0.1, -0.05) is 50.6 Å². The van der Waals surface area contributed by atoms with Gasteiger partial charge in [0.1, 0.15) is 0 Å². The first-order chi connectivity index (χ1) is 22.4. The second kappa shape index (κ2) is 13.9. The highest BCUT2D eigenvalue weighted by Crippen LogP contribution is 2.56. The minimum atomic E-state index is -0.681. The lowest BCUT2D eigenvalue weighted by atomic mass is 9.59. The van der Waals surface area contributed by atoms with Gasteiger partial charge < -0.3 is 0 Å². The molecule has 4 heterocycles. The van der Waals surface area contributed by atoms with Crippen molar-refractivity contribution in [3.05, 3.63) is 84.0 Å². The van der Waals surface area contributed by atoms with Gasteiger partial charge >= 0.3 is 0 Å². The van der Waals surface area contributed by atoms with Gasteiger partial charge in [-0.05, 0) is 43.2 Å². The zero-order chi connectivity index (χ0) is 34.7. The fourth-order valence-electron chi connectivity index (χ4n) is 5.90. The zero-order valence-corrected chi connectivity index (χ0v) is 27.0. The summed E-state index contributed by atoms with van der Waals surface area (Å²) < 4.78 is 0. The standard InChI is InChI=1S/C17H16N2O4.C11H9NO2.C5H5NO2.C2H6/c1-3-8-4-6-9(7-5-8)19-16(22)12-10-11(13(12)17(19)23)15(21)18(2)14(10)20;1-8-2-4-9(5-3-8)12-10(13)6-7-11(12)14;1-6-4(7)2-3-5(6)8;1-2/h4-7,10-13H,3H2,1-2H3;2-7H,1H3;2-3H,1H3;1-2H3. The molecular formula is C35H36N4O8. The van der Waals surface area contributed by atoms with Crippen molar-refractivity contribution in [3.8, 4) is 0 Å². The number of fused-ring (bicyclic) bond motifs is 4. The van der Waals surface area contributed by atoms with E-state index in [0.717, 1.165) is 37.1 Å². The van der Waals surface area contributed by atoms with Crippen molar-refractivity contribution < 1.29 is 38.4 Å². The third-order valence-corrected chi connectivity index (χ3v) is 8.52. The van der Waals surface area contributed by atoms with Crippen molar-refractivity contribution in [1.29, 1.82) is 0 Å². The number of aryl methyl sites for hydroxylation is 2. The molecule has 4 unspecified atom stereocenters. The first-order valence-electron chi connectivity index (χ1n) is 15.3. The van der Waals surface area contributed by atoms with Crippen molar-refractivity contribution >= 4 is 58.6 Å². The highest BCUT2D eigenvalue weighted by molar-refractivity contribution is 6.28. The normalized spacial score (nSPS) is 23.6. The number of anilines is 2. The second-order valence-electron chi connectivity index (χ2n) is 11.1. The predicted molar refractivity (Wildman–Crippen MR) is 171 cm³/mol. The summed E-state index contributed by atoms with van der Waals surface area (Å²) >= 11 is 0. The van der Waals surface area contributed by atoms with Crippen LogP contribution in [0.4, 0.5) is 11.4 Å². The Hall–Kier alpha value is -5.52. The first kappa shape index (κ1) is 34.4. The van der Waals surface area contributed by atoms with Crippen molar-refractivity contribution in [3.63, 3.8) is 0 Å². The van der Waals surface area contributed by atoms with E-state index in [-0.39, 0.29) is 47.3 Å². The van der Waals surface area contributed by atoms with Crippen LogP contribution in [0.3, 0.4) is 0 Å². The van der Waals surface area contributed by atoms with Crippen molar-refractivity contribution in [1.82, 2.24) is 9.80 Å². The van der Waals surface area contributed by atoms with Gasteiger partial charge in [0.2, 0.25) is 23.6 Å². The maximum atomic E-state index is 12.7. The lowest BCUT2D eigenvalue weighted by Crippen LogP contribution is -2.50. The SMILES string of the molecule is CC.CCc1ccc(N2C(=O)C3C4C(=O)N(C)C(=O)C4C3C2=O)cc1.CN1C(=O)C=CC1=O.Cc1ccc(N2C(=O)C=CC2=O)cc1. The van der Waals surface area contributed by atoms with Crippen molar-refractivity contribution in [2.45, 2.75) is 34.1 Å². The highest BCUT2D eigenvalue weighted by atomic mass is 16.2. The summed E-state index contributed by atoms with van der Waals surface area (Å²) in [6, 6.07) is 14.5. The number of rotatable bonds is 3. The number of nitrogens with zero attached hydrogens (tertiary/aromatic N) is 4. The number of hydrogen-bond acceptors (Lipinski definition) is 8. The van der Waals surface area contributed by atoms with Crippen LogP contribution in [-0.4, -0.2) is 71.2 Å². The molecule has 4 aliphatic heterocycles. The Morgan fingerprint density at radius 3 is 1.23 bits per heavy atom. The van der Waals surface area contributed by atoms with Gasteiger partial charge in [-0.25, -0.2) is 4.90 Å². The smallest absolute Gasteiger partial charge is 0.258 e. The van der Waals surface area contributed by atoms with E-state index in [0.29, 0.717) is 11.4 Å². The van der Waals surface area contributed by atoms with Crippen LogP contribution in [0.15, 0.2) is 72.8 Å². The van der Waals surface area contributed by atoms with Crippen LogP contribution in [-0.2, 0) is 44.8 Å². The van der Waals surface area contributed by atoms with Crippen molar-refractivity contribution in [2.24, 2.45) is 23.7 Å². The quantitative estimate of drug-likeness (QED) is 0.465. The molecule has 1 saturated carbocycles. The van der Waals surface area contributed by atoms with E-state index in [1.54, 1.807) is 24.3 Å². The fourth-order valence-corrected chi connectivity index (χ4v) is 5.90. The average Bonchev–Trinajstić information content (AvgIpc) is 3.67. The van der Waals surface area contributed by atoms with Gasteiger partial charge in [0.25, 0.3) is 23.6 Å². The number of imide groups is 4. The van der Waals surface area contributed by atoms with Crippen LogP contribution in [0.2, 0.25) is 0 Å². The summed E-state index contributed by atoms with van der Waals surface area (Å²) in [7, 11) is 2.86. The maximum absolute atomic E-state index is 12.7. The largest absolute Gasteiger partial charge is 0.285 e. The molecule has 0 spiro atoms. The molecule has 5 aliphatic rings.